The molecule has 1 fully saturated rings. The molecule has 1 aliphatic rings. The summed E-state index contributed by atoms with van der Waals surface area (Å²) in [7, 11) is 1.54. The van der Waals surface area contributed by atoms with Crippen molar-refractivity contribution in [2.24, 2.45) is 0 Å². The first kappa shape index (κ1) is 16.1. The Balaban J connectivity index is 2.08. The molecule has 2 rings (SSSR count). The molecular weight excluding hydrogens is 309 g/mol. The van der Waals surface area contributed by atoms with E-state index in [1.54, 1.807) is 7.11 Å². The van der Waals surface area contributed by atoms with Gasteiger partial charge in [-0.05, 0) is 24.6 Å². The van der Waals surface area contributed by atoms with Crippen LogP contribution in [0.3, 0.4) is 0 Å². The van der Waals surface area contributed by atoms with Crippen molar-refractivity contribution >= 4 is 23.2 Å². The lowest BCUT2D eigenvalue weighted by Crippen LogP contribution is -2.35. The van der Waals surface area contributed by atoms with Crippen molar-refractivity contribution < 1.29 is 22.7 Å². The van der Waals surface area contributed by atoms with E-state index in [9.17, 15) is 18.0 Å². The predicted molar refractivity (Wildman–Crippen MR) is 72.3 cm³/mol. The highest BCUT2D eigenvalue weighted by molar-refractivity contribution is 6.31. The van der Waals surface area contributed by atoms with Crippen LogP contribution in [0, 0.1) is 0 Å². The van der Waals surface area contributed by atoms with E-state index in [-0.39, 0.29) is 11.8 Å². The third kappa shape index (κ3) is 3.87. The van der Waals surface area contributed by atoms with Crippen molar-refractivity contribution in [1.82, 2.24) is 5.32 Å². The van der Waals surface area contributed by atoms with Gasteiger partial charge in [0.2, 0.25) is 5.91 Å². The second-order valence-corrected chi connectivity index (χ2v) is 5.14. The summed E-state index contributed by atoms with van der Waals surface area (Å²) in [6.45, 7) is 0.531. The van der Waals surface area contributed by atoms with Gasteiger partial charge in [0, 0.05) is 19.3 Å². The smallest absolute Gasteiger partial charge is 0.380 e. The van der Waals surface area contributed by atoms with Gasteiger partial charge in [0.05, 0.1) is 22.7 Å². The van der Waals surface area contributed by atoms with Crippen LogP contribution in [0.25, 0.3) is 0 Å². The van der Waals surface area contributed by atoms with Gasteiger partial charge in [0.1, 0.15) is 0 Å². The minimum absolute atomic E-state index is 0.0550. The van der Waals surface area contributed by atoms with E-state index >= 15 is 0 Å². The largest absolute Gasteiger partial charge is 0.417 e. The summed E-state index contributed by atoms with van der Waals surface area (Å²) >= 11 is 5.52. The molecule has 21 heavy (non-hydrogen) atoms. The predicted octanol–water partition coefficient (Wildman–Crippen LogP) is 2.67. The van der Waals surface area contributed by atoms with Crippen LogP contribution in [0.15, 0.2) is 18.2 Å². The van der Waals surface area contributed by atoms with E-state index in [0.29, 0.717) is 13.0 Å². The zero-order chi connectivity index (χ0) is 15.6. The molecule has 0 radical (unpaired) electrons. The molecule has 116 valence electrons. The Kier molecular flexibility index (Phi) is 4.75. The first-order valence-electron chi connectivity index (χ1n) is 6.25. The molecule has 1 amide bonds. The molecule has 0 aliphatic carbocycles. The lowest BCUT2D eigenvalue weighted by atomic mass is 10.1. The average Bonchev–Trinajstić information content (AvgIpc) is 2.88. The molecule has 8 heteroatoms. The van der Waals surface area contributed by atoms with E-state index < -0.39 is 28.7 Å². The average molecular weight is 323 g/mol. The Labute approximate surface area is 124 Å². The highest BCUT2D eigenvalue weighted by atomic mass is 35.5. The number of amides is 1. The molecule has 1 aromatic rings. The third-order valence-electron chi connectivity index (χ3n) is 3.28. The van der Waals surface area contributed by atoms with Gasteiger partial charge in [-0.1, -0.05) is 11.6 Å². The number of hydrogen-bond acceptors (Lipinski definition) is 3. The van der Waals surface area contributed by atoms with E-state index in [1.807, 2.05) is 0 Å². The van der Waals surface area contributed by atoms with Crippen LogP contribution in [0.5, 0.6) is 0 Å². The Morgan fingerprint density at radius 2 is 2.19 bits per heavy atom. The Bertz CT molecular complexity index is 537. The Morgan fingerprint density at radius 3 is 2.76 bits per heavy atom. The Hall–Kier alpha value is -1.31. The number of anilines is 1. The third-order valence-corrected chi connectivity index (χ3v) is 3.61. The number of halogens is 4. The minimum atomic E-state index is -4.56. The minimum Gasteiger partial charge on any atom is -0.380 e. The highest BCUT2D eigenvalue weighted by Crippen LogP contribution is 2.36. The summed E-state index contributed by atoms with van der Waals surface area (Å²) in [5.41, 5.74) is -0.921. The van der Waals surface area contributed by atoms with Crippen molar-refractivity contribution in [3.63, 3.8) is 0 Å². The topological polar surface area (TPSA) is 50.4 Å². The number of nitrogens with one attached hydrogen (secondary N) is 2. The molecular formula is C13H14ClF3N2O2. The second kappa shape index (κ2) is 6.21. The van der Waals surface area contributed by atoms with Gasteiger partial charge in [-0.15, -0.1) is 0 Å². The van der Waals surface area contributed by atoms with Crippen LogP contribution in [0.2, 0.25) is 5.02 Å². The van der Waals surface area contributed by atoms with E-state index in [1.165, 1.54) is 6.07 Å². The summed E-state index contributed by atoms with van der Waals surface area (Å²) in [5.74, 6) is -0.398. The van der Waals surface area contributed by atoms with Gasteiger partial charge >= 0.3 is 6.18 Å². The number of ether oxygens (including phenoxy) is 1. The number of carbonyl (C=O) groups excluding carboxylic acids is 1. The SMILES string of the molecule is COC1CNC(C(=O)Nc2ccc(Cl)c(C(F)(F)F)c2)C1. The van der Waals surface area contributed by atoms with Gasteiger partial charge in [-0.3, -0.25) is 4.79 Å². The monoisotopic (exact) mass is 322 g/mol. The molecule has 0 bridgehead atoms. The maximum Gasteiger partial charge on any atom is 0.417 e. The van der Waals surface area contributed by atoms with Crippen molar-refractivity contribution in [1.29, 1.82) is 0 Å². The molecule has 2 atom stereocenters. The molecule has 0 saturated carbocycles. The number of carbonyl (C=O) groups is 1. The molecule has 1 aromatic carbocycles. The fourth-order valence-corrected chi connectivity index (χ4v) is 2.36. The van der Waals surface area contributed by atoms with Crippen molar-refractivity contribution in [2.75, 3.05) is 19.0 Å². The maximum absolute atomic E-state index is 12.7. The van der Waals surface area contributed by atoms with Gasteiger partial charge in [-0.25, -0.2) is 0 Å². The summed E-state index contributed by atoms with van der Waals surface area (Å²) in [6, 6.07) is 2.78. The van der Waals surface area contributed by atoms with Crippen LogP contribution in [-0.4, -0.2) is 31.7 Å². The fraction of sp³-hybridized carbons (Fsp3) is 0.462. The zero-order valence-electron chi connectivity index (χ0n) is 11.1. The standard InChI is InChI=1S/C13H14ClF3N2O2/c1-21-8-5-11(18-6-8)12(20)19-7-2-3-10(14)9(4-7)13(15,16)17/h2-4,8,11,18H,5-6H2,1H3,(H,19,20). The van der Waals surface area contributed by atoms with Gasteiger partial charge in [-0.2, -0.15) is 13.2 Å². The first-order chi connectivity index (χ1) is 9.81. The molecule has 4 nitrogen and oxygen atoms in total. The first-order valence-corrected chi connectivity index (χ1v) is 6.63. The highest BCUT2D eigenvalue weighted by Gasteiger charge is 2.34. The number of rotatable bonds is 3. The normalized spacial score (nSPS) is 22.3. The van der Waals surface area contributed by atoms with Crippen LogP contribution < -0.4 is 10.6 Å². The molecule has 1 aliphatic heterocycles. The number of benzene rings is 1. The molecule has 2 unspecified atom stereocenters. The van der Waals surface area contributed by atoms with E-state index in [2.05, 4.69) is 10.6 Å². The molecule has 1 saturated heterocycles. The summed E-state index contributed by atoms with van der Waals surface area (Å²) in [4.78, 5) is 12.0. The number of alkyl halides is 3. The van der Waals surface area contributed by atoms with Crippen LogP contribution in [-0.2, 0) is 15.7 Å². The van der Waals surface area contributed by atoms with Crippen LogP contribution in [0.1, 0.15) is 12.0 Å². The lowest BCUT2D eigenvalue weighted by Gasteiger charge is -2.14. The molecule has 0 spiro atoms. The summed E-state index contributed by atoms with van der Waals surface area (Å²) < 4.78 is 43.3. The van der Waals surface area contributed by atoms with Gasteiger partial charge in [0.25, 0.3) is 0 Å². The van der Waals surface area contributed by atoms with Crippen molar-refractivity contribution in [2.45, 2.75) is 24.7 Å². The second-order valence-electron chi connectivity index (χ2n) is 4.74. The molecule has 2 N–H and O–H groups in total. The quantitative estimate of drug-likeness (QED) is 0.899. The van der Waals surface area contributed by atoms with E-state index in [0.717, 1.165) is 12.1 Å². The zero-order valence-corrected chi connectivity index (χ0v) is 11.9. The molecule has 0 aromatic heterocycles. The summed E-state index contributed by atoms with van der Waals surface area (Å²) in [6.07, 6.45) is -4.16. The summed E-state index contributed by atoms with van der Waals surface area (Å²) in [5, 5.41) is 5.00. The van der Waals surface area contributed by atoms with Crippen LogP contribution in [0.4, 0.5) is 18.9 Å². The van der Waals surface area contributed by atoms with Crippen molar-refractivity contribution in [3.05, 3.63) is 28.8 Å². The Morgan fingerprint density at radius 1 is 1.48 bits per heavy atom. The number of methoxy groups -OCH3 is 1. The van der Waals surface area contributed by atoms with E-state index in [4.69, 9.17) is 16.3 Å². The van der Waals surface area contributed by atoms with Crippen LogP contribution >= 0.6 is 11.6 Å². The number of hydrogen-bond donors (Lipinski definition) is 2. The van der Waals surface area contributed by atoms with Gasteiger partial charge in [0.15, 0.2) is 0 Å². The maximum atomic E-state index is 12.7. The lowest BCUT2D eigenvalue weighted by molar-refractivity contribution is -0.137. The van der Waals surface area contributed by atoms with Gasteiger partial charge < -0.3 is 15.4 Å². The fourth-order valence-electron chi connectivity index (χ4n) is 2.13. The van der Waals surface area contributed by atoms with Crippen molar-refractivity contribution in [3.8, 4) is 0 Å². The molecule has 1 heterocycles.